The highest BCUT2D eigenvalue weighted by atomic mass is 35.5. The minimum Gasteiger partial charge on any atom is -0.481 e. The molecule has 0 unspecified atom stereocenters. The minimum absolute atomic E-state index is 0.0900. The highest BCUT2D eigenvalue weighted by molar-refractivity contribution is 6.31. The molecule has 2 heterocycles. The van der Waals surface area contributed by atoms with Gasteiger partial charge < -0.3 is 20.1 Å². The van der Waals surface area contributed by atoms with Gasteiger partial charge in [-0.1, -0.05) is 38.4 Å². The molecule has 1 aliphatic rings. The summed E-state index contributed by atoms with van der Waals surface area (Å²) in [5.41, 5.74) is 3.78. The molecule has 0 saturated carbocycles. The second-order valence-corrected chi connectivity index (χ2v) is 9.46. The molecule has 2 aromatic rings. The van der Waals surface area contributed by atoms with Crippen molar-refractivity contribution in [2.45, 2.75) is 58.9 Å². The van der Waals surface area contributed by atoms with Crippen LogP contribution in [0, 0.1) is 12.8 Å². The van der Waals surface area contributed by atoms with Gasteiger partial charge in [0.15, 0.2) is 0 Å². The first-order valence-corrected chi connectivity index (χ1v) is 11.7. The van der Waals surface area contributed by atoms with Crippen molar-refractivity contribution in [3.8, 4) is 0 Å². The van der Waals surface area contributed by atoms with Crippen molar-refractivity contribution in [1.82, 2.24) is 4.98 Å². The van der Waals surface area contributed by atoms with Crippen LogP contribution in [0.4, 0.5) is 17.2 Å². The lowest BCUT2D eigenvalue weighted by Crippen LogP contribution is -2.42. The van der Waals surface area contributed by atoms with E-state index in [4.69, 9.17) is 16.3 Å². The van der Waals surface area contributed by atoms with Crippen molar-refractivity contribution in [1.29, 1.82) is 0 Å². The molecule has 1 aromatic heterocycles. The highest BCUT2D eigenvalue weighted by Gasteiger charge is 2.25. The SMILES string of the molecule is Cc1nc(Nc2cc([C@H](C)CC(=O)O)ccc2N(CC(C)C)C2CCOCC2)ccc1Cl. The van der Waals surface area contributed by atoms with E-state index in [1.807, 2.05) is 26.0 Å². The first kappa shape index (κ1) is 24.3. The fourth-order valence-corrected chi connectivity index (χ4v) is 4.28. The number of rotatable bonds is 9. The lowest BCUT2D eigenvalue weighted by molar-refractivity contribution is -0.137. The number of halogens is 1. The number of anilines is 3. The van der Waals surface area contributed by atoms with E-state index in [-0.39, 0.29) is 12.3 Å². The molecule has 174 valence electrons. The second kappa shape index (κ2) is 11.0. The zero-order valence-electron chi connectivity index (χ0n) is 19.4. The number of nitrogens with zero attached hydrogens (tertiary/aromatic N) is 2. The van der Waals surface area contributed by atoms with Crippen LogP contribution >= 0.6 is 11.6 Å². The Morgan fingerprint density at radius 2 is 1.97 bits per heavy atom. The van der Waals surface area contributed by atoms with E-state index >= 15 is 0 Å². The smallest absolute Gasteiger partial charge is 0.303 e. The van der Waals surface area contributed by atoms with E-state index in [1.54, 1.807) is 0 Å². The molecular weight excluding hydrogens is 426 g/mol. The van der Waals surface area contributed by atoms with Crippen LogP contribution in [-0.4, -0.2) is 41.9 Å². The Bertz CT molecular complexity index is 929. The summed E-state index contributed by atoms with van der Waals surface area (Å²) in [6.07, 6.45) is 2.07. The predicted octanol–water partition coefficient (Wildman–Crippen LogP) is 6.01. The van der Waals surface area contributed by atoms with Crippen molar-refractivity contribution in [2.24, 2.45) is 5.92 Å². The number of aryl methyl sites for hydroxylation is 1. The van der Waals surface area contributed by atoms with Crippen LogP contribution in [0.3, 0.4) is 0 Å². The third kappa shape index (κ3) is 6.36. The third-order valence-corrected chi connectivity index (χ3v) is 6.26. The molecule has 3 rings (SSSR count). The summed E-state index contributed by atoms with van der Waals surface area (Å²) in [7, 11) is 0. The van der Waals surface area contributed by atoms with Gasteiger partial charge in [0.1, 0.15) is 5.82 Å². The van der Waals surface area contributed by atoms with Gasteiger partial charge in [-0.05, 0) is 61.4 Å². The van der Waals surface area contributed by atoms with Gasteiger partial charge in [-0.25, -0.2) is 4.98 Å². The molecule has 0 bridgehead atoms. The van der Waals surface area contributed by atoms with Gasteiger partial charge in [-0.2, -0.15) is 0 Å². The average Bonchev–Trinajstić information content (AvgIpc) is 2.75. The molecule has 1 atom stereocenters. The number of aliphatic carboxylic acids is 1. The van der Waals surface area contributed by atoms with E-state index in [9.17, 15) is 9.90 Å². The Balaban J connectivity index is 2.03. The number of carboxylic acids is 1. The molecule has 7 heteroatoms. The van der Waals surface area contributed by atoms with Gasteiger partial charge in [-0.3, -0.25) is 4.79 Å². The van der Waals surface area contributed by atoms with Crippen LogP contribution in [0.2, 0.25) is 5.02 Å². The Hall–Kier alpha value is -2.31. The predicted molar refractivity (Wildman–Crippen MR) is 130 cm³/mol. The largest absolute Gasteiger partial charge is 0.481 e. The first-order valence-electron chi connectivity index (χ1n) is 11.3. The molecule has 1 saturated heterocycles. The summed E-state index contributed by atoms with van der Waals surface area (Å²) in [4.78, 5) is 18.3. The van der Waals surface area contributed by atoms with E-state index in [0.29, 0.717) is 22.8 Å². The topological polar surface area (TPSA) is 74.7 Å². The monoisotopic (exact) mass is 459 g/mol. The summed E-state index contributed by atoms with van der Waals surface area (Å²) in [6.45, 7) is 10.8. The Labute approximate surface area is 195 Å². The average molecular weight is 460 g/mol. The summed E-state index contributed by atoms with van der Waals surface area (Å²) < 4.78 is 5.61. The van der Waals surface area contributed by atoms with E-state index in [2.05, 4.69) is 47.2 Å². The summed E-state index contributed by atoms with van der Waals surface area (Å²) >= 11 is 6.17. The quantitative estimate of drug-likeness (QED) is 0.478. The number of hydrogen-bond donors (Lipinski definition) is 2. The number of hydrogen-bond acceptors (Lipinski definition) is 5. The normalized spacial score (nSPS) is 15.6. The number of aromatic nitrogens is 1. The molecule has 0 radical (unpaired) electrons. The molecule has 6 nitrogen and oxygen atoms in total. The zero-order valence-corrected chi connectivity index (χ0v) is 20.2. The van der Waals surface area contributed by atoms with Crippen molar-refractivity contribution in [2.75, 3.05) is 30.0 Å². The lowest BCUT2D eigenvalue weighted by atomic mass is 9.95. The maximum Gasteiger partial charge on any atom is 0.303 e. The fraction of sp³-hybridized carbons (Fsp3) is 0.520. The van der Waals surface area contributed by atoms with Gasteiger partial charge >= 0.3 is 5.97 Å². The second-order valence-electron chi connectivity index (χ2n) is 9.05. The minimum atomic E-state index is -0.797. The van der Waals surface area contributed by atoms with E-state index in [1.165, 1.54) is 0 Å². The third-order valence-electron chi connectivity index (χ3n) is 5.86. The zero-order chi connectivity index (χ0) is 23.3. The van der Waals surface area contributed by atoms with Gasteiger partial charge in [0.25, 0.3) is 0 Å². The van der Waals surface area contributed by atoms with Gasteiger partial charge in [0, 0.05) is 25.8 Å². The van der Waals surface area contributed by atoms with Crippen LogP contribution in [0.1, 0.15) is 57.2 Å². The molecule has 2 N–H and O–H groups in total. The van der Waals surface area contributed by atoms with Gasteiger partial charge in [0.05, 0.1) is 28.5 Å². The summed E-state index contributed by atoms with van der Waals surface area (Å²) in [5.74, 6) is 0.318. The Morgan fingerprint density at radius 1 is 1.25 bits per heavy atom. The number of benzene rings is 1. The number of carbonyl (C=O) groups is 1. The summed E-state index contributed by atoms with van der Waals surface area (Å²) in [6, 6.07) is 10.4. The van der Waals surface area contributed by atoms with E-state index in [0.717, 1.165) is 55.2 Å². The molecule has 0 amide bonds. The summed E-state index contributed by atoms with van der Waals surface area (Å²) in [5, 5.41) is 13.4. The highest BCUT2D eigenvalue weighted by Crippen LogP contribution is 2.36. The van der Waals surface area contributed by atoms with Gasteiger partial charge in [-0.15, -0.1) is 0 Å². The number of ether oxygens (including phenoxy) is 1. The van der Waals surface area contributed by atoms with Crippen molar-refractivity contribution >= 4 is 34.8 Å². The number of carboxylic acid groups (broad SMARTS) is 1. The van der Waals surface area contributed by atoms with Crippen molar-refractivity contribution < 1.29 is 14.6 Å². The molecular formula is C25H34ClN3O3. The van der Waals surface area contributed by atoms with E-state index < -0.39 is 5.97 Å². The molecule has 0 aliphatic carbocycles. The lowest BCUT2D eigenvalue weighted by Gasteiger charge is -2.38. The number of pyridine rings is 1. The van der Waals surface area contributed by atoms with Crippen molar-refractivity contribution in [3.05, 3.63) is 46.6 Å². The standard InChI is InChI=1S/C25H34ClN3O3/c1-16(2)15-29(20-9-11-32-12-10-20)23-7-5-19(17(3)13-25(30)31)14-22(23)28-24-8-6-21(26)18(4)27-24/h5-8,14,16-17,20H,9-13,15H2,1-4H3,(H,27,28)(H,30,31)/t17-/m1/s1. The maximum absolute atomic E-state index is 11.3. The van der Waals surface area contributed by atoms with Crippen LogP contribution in [0.15, 0.2) is 30.3 Å². The van der Waals surface area contributed by atoms with Crippen LogP contribution < -0.4 is 10.2 Å². The molecule has 1 aliphatic heterocycles. The molecule has 1 aromatic carbocycles. The molecule has 1 fully saturated rings. The Kier molecular flexibility index (Phi) is 8.38. The number of nitrogens with one attached hydrogen (secondary N) is 1. The molecule has 0 spiro atoms. The maximum atomic E-state index is 11.3. The molecule has 32 heavy (non-hydrogen) atoms. The van der Waals surface area contributed by atoms with Crippen LogP contribution in [0.25, 0.3) is 0 Å². The Morgan fingerprint density at radius 3 is 2.59 bits per heavy atom. The van der Waals surface area contributed by atoms with Gasteiger partial charge in [0.2, 0.25) is 0 Å². The first-order chi connectivity index (χ1) is 15.2. The van der Waals surface area contributed by atoms with Crippen LogP contribution in [-0.2, 0) is 9.53 Å². The van der Waals surface area contributed by atoms with Crippen molar-refractivity contribution in [3.63, 3.8) is 0 Å². The van der Waals surface area contributed by atoms with Crippen LogP contribution in [0.5, 0.6) is 0 Å². The fourth-order valence-electron chi connectivity index (χ4n) is 4.18.